The van der Waals surface area contributed by atoms with Crippen LogP contribution in [0, 0.1) is 18.6 Å². The fourth-order valence-corrected chi connectivity index (χ4v) is 1.87. The molecule has 104 valence electrons. The van der Waals surface area contributed by atoms with E-state index in [1.165, 1.54) is 6.07 Å². The molecule has 0 spiro atoms. The molecule has 2 N–H and O–H groups in total. The molecule has 0 aromatic heterocycles. The highest BCUT2D eigenvalue weighted by Crippen LogP contribution is 2.23. The maximum absolute atomic E-state index is 13.2. The molecule has 0 radical (unpaired) electrons. The molecule has 0 saturated carbocycles. The summed E-state index contributed by atoms with van der Waals surface area (Å²) < 4.78 is 26.1. The summed E-state index contributed by atoms with van der Waals surface area (Å²) in [6.45, 7) is 1.83. The highest BCUT2D eigenvalue weighted by atomic mass is 19.2. The summed E-state index contributed by atoms with van der Waals surface area (Å²) >= 11 is 0. The summed E-state index contributed by atoms with van der Waals surface area (Å²) in [5, 5.41) is 12.1. The minimum atomic E-state index is -1.17. The Balaban J connectivity index is 2.34. The molecule has 1 unspecified atom stereocenters. The van der Waals surface area contributed by atoms with E-state index >= 15 is 0 Å². The fraction of sp³-hybridized carbons (Fsp3) is 0.133. The zero-order valence-corrected chi connectivity index (χ0v) is 10.7. The Morgan fingerprint density at radius 3 is 2.45 bits per heavy atom. The van der Waals surface area contributed by atoms with Crippen LogP contribution < -0.4 is 5.32 Å². The molecule has 20 heavy (non-hydrogen) atoms. The molecule has 3 nitrogen and oxygen atoms in total. The summed E-state index contributed by atoms with van der Waals surface area (Å²) in [6, 6.07) is 9.05. The van der Waals surface area contributed by atoms with Gasteiger partial charge in [-0.1, -0.05) is 24.3 Å². The van der Waals surface area contributed by atoms with Gasteiger partial charge in [-0.15, -0.1) is 0 Å². The fourth-order valence-electron chi connectivity index (χ4n) is 1.87. The van der Waals surface area contributed by atoms with E-state index < -0.39 is 23.6 Å². The molecule has 0 heterocycles. The highest BCUT2D eigenvalue weighted by Gasteiger charge is 2.21. The zero-order valence-electron chi connectivity index (χ0n) is 10.7. The van der Waals surface area contributed by atoms with Crippen LogP contribution in [0.4, 0.5) is 14.5 Å². The average molecular weight is 277 g/mol. The number of halogens is 2. The number of rotatable bonds is 4. The van der Waals surface area contributed by atoms with E-state index in [9.17, 15) is 18.7 Å². The monoisotopic (exact) mass is 277 g/mol. The summed E-state index contributed by atoms with van der Waals surface area (Å²) in [5.41, 5.74) is 1.64. The SMILES string of the molecule is Cc1ccccc1NC(C(=O)O)c1ccc(F)c(F)c1. The number of hydrogen-bond acceptors (Lipinski definition) is 2. The first-order valence-corrected chi connectivity index (χ1v) is 5.99. The summed E-state index contributed by atoms with van der Waals surface area (Å²) in [6.07, 6.45) is 0. The first-order chi connectivity index (χ1) is 9.49. The Morgan fingerprint density at radius 1 is 1.15 bits per heavy atom. The van der Waals surface area contributed by atoms with Crippen molar-refractivity contribution in [3.63, 3.8) is 0 Å². The van der Waals surface area contributed by atoms with Gasteiger partial charge in [0, 0.05) is 5.69 Å². The van der Waals surface area contributed by atoms with Gasteiger partial charge < -0.3 is 10.4 Å². The van der Waals surface area contributed by atoms with E-state index in [0.29, 0.717) is 5.69 Å². The van der Waals surface area contributed by atoms with Crippen LogP contribution in [0.15, 0.2) is 42.5 Å². The Hall–Kier alpha value is -2.43. The van der Waals surface area contributed by atoms with Crippen molar-refractivity contribution in [3.8, 4) is 0 Å². The van der Waals surface area contributed by atoms with Crippen molar-refractivity contribution in [2.75, 3.05) is 5.32 Å². The van der Waals surface area contributed by atoms with Crippen molar-refractivity contribution in [2.24, 2.45) is 0 Å². The van der Waals surface area contributed by atoms with Crippen LogP contribution >= 0.6 is 0 Å². The van der Waals surface area contributed by atoms with Crippen molar-refractivity contribution in [3.05, 3.63) is 65.2 Å². The van der Waals surface area contributed by atoms with Gasteiger partial charge in [0.1, 0.15) is 0 Å². The summed E-state index contributed by atoms with van der Waals surface area (Å²) in [5.74, 6) is -3.24. The van der Waals surface area contributed by atoms with Crippen molar-refractivity contribution >= 4 is 11.7 Å². The Labute approximate surface area is 114 Å². The van der Waals surface area contributed by atoms with Crippen LogP contribution in [0.25, 0.3) is 0 Å². The van der Waals surface area contributed by atoms with Gasteiger partial charge in [0.2, 0.25) is 0 Å². The number of anilines is 1. The lowest BCUT2D eigenvalue weighted by Crippen LogP contribution is -2.21. The maximum atomic E-state index is 13.2. The second kappa shape index (κ2) is 5.69. The van der Waals surface area contributed by atoms with Gasteiger partial charge >= 0.3 is 5.97 Å². The van der Waals surface area contributed by atoms with Gasteiger partial charge in [-0.2, -0.15) is 0 Å². The zero-order chi connectivity index (χ0) is 14.7. The third-order valence-corrected chi connectivity index (χ3v) is 2.97. The Kier molecular flexibility index (Phi) is 3.98. The van der Waals surface area contributed by atoms with Crippen molar-refractivity contribution in [2.45, 2.75) is 13.0 Å². The smallest absolute Gasteiger partial charge is 0.330 e. The number of nitrogens with one attached hydrogen (secondary N) is 1. The van der Waals surface area contributed by atoms with Crippen LogP contribution in [0.3, 0.4) is 0 Å². The molecule has 0 aliphatic carbocycles. The molecular weight excluding hydrogens is 264 g/mol. The predicted molar refractivity (Wildman–Crippen MR) is 71.5 cm³/mol. The molecule has 0 fully saturated rings. The standard InChI is InChI=1S/C15H13F2NO2/c1-9-4-2-3-5-13(9)18-14(15(19)20)10-6-7-11(16)12(17)8-10/h2-8,14,18H,1H3,(H,19,20). The lowest BCUT2D eigenvalue weighted by molar-refractivity contribution is -0.138. The molecule has 0 amide bonds. The first kappa shape index (κ1) is 14.0. The van der Waals surface area contributed by atoms with Crippen LogP contribution in [-0.2, 0) is 4.79 Å². The third kappa shape index (κ3) is 2.93. The van der Waals surface area contributed by atoms with Crippen molar-refractivity contribution in [1.82, 2.24) is 0 Å². The van der Waals surface area contributed by atoms with E-state index in [1.807, 2.05) is 19.1 Å². The summed E-state index contributed by atoms with van der Waals surface area (Å²) in [4.78, 5) is 11.3. The van der Waals surface area contributed by atoms with Crippen LogP contribution in [0.1, 0.15) is 17.2 Å². The number of aliphatic carboxylic acids is 1. The largest absolute Gasteiger partial charge is 0.479 e. The number of hydrogen-bond donors (Lipinski definition) is 2. The molecule has 2 rings (SSSR count). The first-order valence-electron chi connectivity index (χ1n) is 5.99. The highest BCUT2D eigenvalue weighted by molar-refractivity contribution is 5.79. The van der Waals surface area contributed by atoms with E-state index in [4.69, 9.17) is 0 Å². The number of carboxylic acids is 1. The Morgan fingerprint density at radius 2 is 1.85 bits per heavy atom. The van der Waals surface area contributed by atoms with Crippen LogP contribution in [0.2, 0.25) is 0 Å². The molecule has 2 aromatic carbocycles. The van der Waals surface area contributed by atoms with Gasteiger partial charge in [0.05, 0.1) is 0 Å². The molecule has 0 aliphatic heterocycles. The Bertz CT molecular complexity index is 644. The van der Waals surface area contributed by atoms with Gasteiger partial charge in [0.25, 0.3) is 0 Å². The second-order valence-corrected chi connectivity index (χ2v) is 4.40. The summed E-state index contributed by atoms with van der Waals surface area (Å²) in [7, 11) is 0. The van der Waals surface area contributed by atoms with Crippen LogP contribution in [0.5, 0.6) is 0 Å². The number of carboxylic acid groups (broad SMARTS) is 1. The third-order valence-electron chi connectivity index (χ3n) is 2.97. The van der Waals surface area contributed by atoms with Gasteiger partial charge in [-0.05, 0) is 36.2 Å². The molecule has 1 atom stereocenters. The van der Waals surface area contributed by atoms with Crippen molar-refractivity contribution < 1.29 is 18.7 Å². The molecule has 0 saturated heterocycles. The minimum absolute atomic E-state index is 0.152. The lowest BCUT2D eigenvalue weighted by Gasteiger charge is -2.17. The topological polar surface area (TPSA) is 49.3 Å². The maximum Gasteiger partial charge on any atom is 0.330 e. The van der Waals surface area contributed by atoms with Gasteiger partial charge in [0.15, 0.2) is 17.7 Å². The average Bonchev–Trinajstić information content (AvgIpc) is 2.41. The van der Waals surface area contributed by atoms with E-state index in [2.05, 4.69) is 5.32 Å². The number of carbonyl (C=O) groups is 1. The second-order valence-electron chi connectivity index (χ2n) is 4.40. The number of aryl methyl sites for hydroxylation is 1. The molecule has 0 bridgehead atoms. The van der Waals surface area contributed by atoms with Gasteiger partial charge in [-0.25, -0.2) is 13.6 Å². The lowest BCUT2D eigenvalue weighted by atomic mass is 10.1. The van der Waals surface area contributed by atoms with E-state index in [-0.39, 0.29) is 5.56 Å². The number of benzene rings is 2. The van der Waals surface area contributed by atoms with Crippen LogP contribution in [-0.4, -0.2) is 11.1 Å². The molecule has 5 heteroatoms. The molecular formula is C15H13F2NO2. The molecule has 2 aromatic rings. The van der Waals surface area contributed by atoms with Gasteiger partial charge in [-0.3, -0.25) is 0 Å². The normalized spacial score (nSPS) is 11.9. The predicted octanol–water partition coefficient (Wildman–Crippen LogP) is 3.51. The molecule has 0 aliphatic rings. The number of para-hydroxylation sites is 1. The van der Waals surface area contributed by atoms with E-state index in [1.54, 1.807) is 12.1 Å². The minimum Gasteiger partial charge on any atom is -0.479 e. The van der Waals surface area contributed by atoms with E-state index in [0.717, 1.165) is 17.7 Å². The quantitative estimate of drug-likeness (QED) is 0.899. The van der Waals surface area contributed by atoms with Crippen molar-refractivity contribution in [1.29, 1.82) is 0 Å².